The molecule has 0 fully saturated rings. The van der Waals surface area contributed by atoms with E-state index in [2.05, 4.69) is 46.5 Å². The molecule has 1 atom stereocenters. The van der Waals surface area contributed by atoms with E-state index in [1.165, 1.54) is 22.2 Å². The van der Waals surface area contributed by atoms with Crippen LogP contribution in [0, 0.1) is 0 Å². The minimum absolute atomic E-state index is 0.489. The molecule has 1 unspecified atom stereocenters. The second-order valence-electron chi connectivity index (χ2n) is 3.20. The Hall–Kier alpha value is 0.140. The Kier molecular flexibility index (Phi) is 4.99. The molecular weight excluding hydrogens is 246 g/mol. The monoisotopic (exact) mass is 261 g/mol. The molecule has 0 amide bonds. The Morgan fingerprint density at radius 2 is 2.38 bits per heavy atom. The van der Waals surface area contributed by atoms with Gasteiger partial charge in [0.1, 0.15) is 0 Å². The number of rotatable bonds is 5. The first-order chi connectivity index (χ1) is 6.24. The van der Waals surface area contributed by atoms with E-state index in [-0.39, 0.29) is 0 Å². The first kappa shape index (κ1) is 11.2. The summed E-state index contributed by atoms with van der Waals surface area (Å²) in [6.45, 7) is 5.55. The molecule has 0 aliphatic rings. The molecule has 13 heavy (non-hydrogen) atoms. The van der Waals surface area contributed by atoms with E-state index in [4.69, 9.17) is 0 Å². The van der Waals surface area contributed by atoms with Crippen LogP contribution in [0.3, 0.4) is 0 Å². The lowest BCUT2D eigenvalue weighted by molar-refractivity contribution is 0.561. The van der Waals surface area contributed by atoms with Gasteiger partial charge in [0.15, 0.2) is 0 Å². The predicted molar refractivity (Wildman–Crippen MR) is 63.3 cm³/mol. The van der Waals surface area contributed by atoms with Crippen molar-refractivity contribution < 1.29 is 0 Å². The lowest BCUT2D eigenvalue weighted by atomic mass is 10.2. The van der Waals surface area contributed by atoms with Gasteiger partial charge in [-0.15, -0.1) is 11.3 Å². The van der Waals surface area contributed by atoms with E-state index in [1.54, 1.807) is 11.3 Å². The maximum absolute atomic E-state index is 3.50. The van der Waals surface area contributed by atoms with Gasteiger partial charge in [0.2, 0.25) is 0 Å². The van der Waals surface area contributed by atoms with Gasteiger partial charge >= 0.3 is 0 Å². The fraction of sp³-hybridized carbons (Fsp3) is 0.600. The molecule has 1 rings (SSSR count). The van der Waals surface area contributed by atoms with Gasteiger partial charge in [0.25, 0.3) is 0 Å². The van der Waals surface area contributed by atoms with Crippen LogP contribution >= 0.6 is 27.3 Å². The van der Waals surface area contributed by atoms with Crippen molar-refractivity contribution >= 4 is 27.3 Å². The summed E-state index contributed by atoms with van der Waals surface area (Å²) in [5, 5.41) is 5.64. The van der Waals surface area contributed by atoms with Gasteiger partial charge in [0.05, 0.1) is 0 Å². The summed E-state index contributed by atoms with van der Waals surface area (Å²) < 4.78 is 1.19. The largest absolute Gasteiger partial charge is 0.309 e. The van der Waals surface area contributed by atoms with Crippen molar-refractivity contribution in [3.8, 4) is 0 Å². The second kappa shape index (κ2) is 5.78. The molecule has 74 valence electrons. The van der Waals surface area contributed by atoms with Crippen LogP contribution in [-0.4, -0.2) is 6.54 Å². The van der Waals surface area contributed by atoms with E-state index in [0.717, 1.165) is 6.54 Å². The Morgan fingerprint density at radius 3 is 2.92 bits per heavy atom. The van der Waals surface area contributed by atoms with Gasteiger partial charge in [-0.25, -0.2) is 0 Å². The highest BCUT2D eigenvalue weighted by Gasteiger charge is 2.05. The lowest BCUT2D eigenvalue weighted by Crippen LogP contribution is -2.18. The van der Waals surface area contributed by atoms with Crippen molar-refractivity contribution in [1.82, 2.24) is 5.32 Å². The maximum Gasteiger partial charge on any atom is 0.0386 e. The summed E-state index contributed by atoms with van der Waals surface area (Å²) >= 11 is 5.27. The van der Waals surface area contributed by atoms with Gasteiger partial charge in [0, 0.05) is 20.8 Å². The molecule has 0 aromatic carbocycles. The molecule has 0 saturated heterocycles. The summed E-state index contributed by atoms with van der Waals surface area (Å²) in [5.41, 5.74) is 0. The third-order valence-corrected chi connectivity index (χ3v) is 3.87. The predicted octanol–water partition coefficient (Wildman–Crippen LogP) is 3.96. The van der Waals surface area contributed by atoms with Crippen LogP contribution < -0.4 is 5.32 Å². The molecule has 0 saturated carbocycles. The normalized spacial score (nSPS) is 13.2. The summed E-state index contributed by atoms with van der Waals surface area (Å²) in [4.78, 5) is 1.41. The van der Waals surface area contributed by atoms with Crippen molar-refractivity contribution in [2.75, 3.05) is 6.54 Å². The van der Waals surface area contributed by atoms with Gasteiger partial charge in [-0.1, -0.05) is 13.3 Å². The van der Waals surface area contributed by atoms with Gasteiger partial charge in [-0.2, -0.15) is 0 Å². The average molecular weight is 262 g/mol. The maximum atomic E-state index is 3.50. The molecule has 1 aromatic rings. The third-order valence-electron chi connectivity index (χ3n) is 2.00. The van der Waals surface area contributed by atoms with Crippen molar-refractivity contribution in [2.45, 2.75) is 32.7 Å². The molecule has 1 N–H and O–H groups in total. The number of halogens is 1. The topological polar surface area (TPSA) is 12.0 Å². The zero-order valence-corrected chi connectivity index (χ0v) is 10.5. The Morgan fingerprint density at radius 1 is 1.62 bits per heavy atom. The number of unbranched alkanes of at least 4 members (excludes halogenated alkanes) is 1. The highest BCUT2D eigenvalue weighted by Crippen LogP contribution is 2.25. The number of hydrogen-bond donors (Lipinski definition) is 1. The van der Waals surface area contributed by atoms with Crippen molar-refractivity contribution in [3.63, 3.8) is 0 Å². The standard InChI is InChI=1S/C10H16BrNS/c1-3-4-5-12-8(2)10-6-9(11)7-13-10/h6-8,12H,3-5H2,1-2H3. The SMILES string of the molecule is CCCCNC(C)c1cc(Br)cs1. The van der Waals surface area contributed by atoms with Crippen molar-refractivity contribution in [2.24, 2.45) is 0 Å². The highest BCUT2D eigenvalue weighted by atomic mass is 79.9. The molecule has 1 heterocycles. The summed E-state index contributed by atoms with van der Waals surface area (Å²) in [6, 6.07) is 2.68. The average Bonchev–Trinajstić information content (AvgIpc) is 2.52. The highest BCUT2D eigenvalue weighted by molar-refractivity contribution is 9.10. The smallest absolute Gasteiger partial charge is 0.0386 e. The molecule has 0 aliphatic carbocycles. The third kappa shape index (κ3) is 3.79. The van der Waals surface area contributed by atoms with E-state index >= 15 is 0 Å². The van der Waals surface area contributed by atoms with E-state index in [0.29, 0.717) is 6.04 Å². The second-order valence-corrected chi connectivity index (χ2v) is 5.06. The van der Waals surface area contributed by atoms with E-state index < -0.39 is 0 Å². The molecule has 0 bridgehead atoms. The van der Waals surface area contributed by atoms with Crippen LogP contribution in [0.15, 0.2) is 15.9 Å². The molecule has 0 aliphatic heterocycles. The molecular formula is C10H16BrNS. The first-order valence-corrected chi connectivity index (χ1v) is 6.38. The number of thiophene rings is 1. The molecule has 0 spiro atoms. The van der Waals surface area contributed by atoms with Crippen LogP contribution in [0.4, 0.5) is 0 Å². The molecule has 0 radical (unpaired) electrons. The number of nitrogens with one attached hydrogen (secondary N) is 1. The Balaban J connectivity index is 2.35. The van der Waals surface area contributed by atoms with Crippen molar-refractivity contribution in [3.05, 3.63) is 20.8 Å². The van der Waals surface area contributed by atoms with Crippen LogP contribution in [0.5, 0.6) is 0 Å². The molecule has 1 aromatic heterocycles. The minimum Gasteiger partial charge on any atom is -0.309 e. The van der Waals surface area contributed by atoms with Gasteiger partial charge < -0.3 is 5.32 Å². The zero-order chi connectivity index (χ0) is 9.68. The fourth-order valence-electron chi connectivity index (χ4n) is 1.15. The van der Waals surface area contributed by atoms with Crippen LogP contribution in [0.1, 0.15) is 37.6 Å². The first-order valence-electron chi connectivity index (χ1n) is 4.71. The lowest BCUT2D eigenvalue weighted by Gasteiger charge is -2.10. The number of hydrogen-bond acceptors (Lipinski definition) is 2. The summed E-state index contributed by atoms with van der Waals surface area (Å²) in [7, 11) is 0. The van der Waals surface area contributed by atoms with Crippen LogP contribution in [0.25, 0.3) is 0 Å². The van der Waals surface area contributed by atoms with Crippen LogP contribution in [0.2, 0.25) is 0 Å². The van der Waals surface area contributed by atoms with E-state index in [9.17, 15) is 0 Å². The zero-order valence-electron chi connectivity index (χ0n) is 8.14. The van der Waals surface area contributed by atoms with Crippen LogP contribution in [-0.2, 0) is 0 Å². The van der Waals surface area contributed by atoms with Crippen molar-refractivity contribution in [1.29, 1.82) is 0 Å². The Labute approximate surface area is 92.7 Å². The molecule has 3 heteroatoms. The minimum atomic E-state index is 0.489. The summed E-state index contributed by atoms with van der Waals surface area (Å²) in [6.07, 6.45) is 2.52. The molecule has 1 nitrogen and oxygen atoms in total. The van der Waals surface area contributed by atoms with E-state index in [1.807, 2.05) is 0 Å². The fourth-order valence-corrected chi connectivity index (χ4v) is 2.63. The van der Waals surface area contributed by atoms with Gasteiger partial charge in [-0.05, 0) is 41.9 Å². The Bertz CT molecular complexity index is 247. The quantitative estimate of drug-likeness (QED) is 0.792. The van der Waals surface area contributed by atoms with Gasteiger partial charge in [-0.3, -0.25) is 0 Å². The summed E-state index contributed by atoms with van der Waals surface area (Å²) in [5.74, 6) is 0.